The van der Waals surface area contributed by atoms with E-state index >= 15 is 0 Å². The number of thioether (sulfide) groups is 1. The maximum absolute atomic E-state index is 12.4. The summed E-state index contributed by atoms with van der Waals surface area (Å²) in [7, 11) is 0. The van der Waals surface area contributed by atoms with E-state index < -0.39 is 0 Å². The summed E-state index contributed by atoms with van der Waals surface area (Å²) in [5.41, 5.74) is 2.73. The van der Waals surface area contributed by atoms with Gasteiger partial charge in [0.25, 0.3) is 0 Å². The number of benzene rings is 3. The summed E-state index contributed by atoms with van der Waals surface area (Å²) >= 11 is 1.40. The number of aryl methyl sites for hydroxylation is 1. The smallest absolute Gasteiger partial charge is 0.234 e. The van der Waals surface area contributed by atoms with Crippen LogP contribution >= 0.6 is 11.8 Å². The van der Waals surface area contributed by atoms with Crippen LogP contribution in [0.4, 0.5) is 5.69 Å². The standard InChI is InChI=1S/C24H21N3O2S/c1-17-8-7-9-18(14-17)25-23(28)16-30-24-20-12-5-6-13-21(20)26-22(27-24)15-29-19-10-3-2-4-11-19/h2-14H,15-16H2,1H3,(H,25,28). The minimum absolute atomic E-state index is 0.0737. The van der Waals surface area contributed by atoms with Crippen LogP contribution < -0.4 is 10.1 Å². The van der Waals surface area contributed by atoms with Crippen LogP contribution in [0.5, 0.6) is 5.75 Å². The molecule has 0 atom stereocenters. The first kappa shape index (κ1) is 19.9. The molecule has 0 fully saturated rings. The Bertz CT molecular complexity index is 1170. The van der Waals surface area contributed by atoms with Gasteiger partial charge in [-0.3, -0.25) is 4.79 Å². The van der Waals surface area contributed by atoms with Crippen molar-refractivity contribution in [3.63, 3.8) is 0 Å². The molecular formula is C24H21N3O2S. The van der Waals surface area contributed by atoms with E-state index in [4.69, 9.17) is 4.74 Å². The number of hydrogen-bond donors (Lipinski definition) is 1. The average Bonchev–Trinajstić information content (AvgIpc) is 2.77. The molecule has 0 spiro atoms. The molecule has 0 saturated carbocycles. The van der Waals surface area contributed by atoms with E-state index in [9.17, 15) is 4.79 Å². The highest BCUT2D eigenvalue weighted by atomic mass is 32.2. The second-order valence-electron chi connectivity index (χ2n) is 6.77. The molecule has 4 aromatic rings. The Hall–Kier alpha value is -3.38. The predicted octanol–water partition coefficient (Wildman–Crippen LogP) is 5.25. The lowest BCUT2D eigenvalue weighted by molar-refractivity contribution is -0.113. The highest BCUT2D eigenvalue weighted by Crippen LogP contribution is 2.26. The largest absolute Gasteiger partial charge is 0.486 e. The highest BCUT2D eigenvalue weighted by molar-refractivity contribution is 8.00. The van der Waals surface area contributed by atoms with Crippen molar-refractivity contribution in [3.05, 3.63) is 90.3 Å². The van der Waals surface area contributed by atoms with Crippen molar-refractivity contribution in [1.82, 2.24) is 9.97 Å². The van der Waals surface area contributed by atoms with Crippen LogP contribution in [-0.2, 0) is 11.4 Å². The van der Waals surface area contributed by atoms with E-state index in [1.807, 2.05) is 85.8 Å². The zero-order valence-electron chi connectivity index (χ0n) is 16.5. The van der Waals surface area contributed by atoms with Crippen LogP contribution in [0.25, 0.3) is 10.9 Å². The van der Waals surface area contributed by atoms with Gasteiger partial charge in [-0.05, 0) is 42.8 Å². The fraction of sp³-hybridized carbons (Fsp3) is 0.125. The van der Waals surface area contributed by atoms with E-state index in [-0.39, 0.29) is 18.3 Å². The zero-order valence-corrected chi connectivity index (χ0v) is 17.4. The Kier molecular flexibility index (Phi) is 6.25. The third kappa shape index (κ3) is 5.15. The molecule has 0 aliphatic heterocycles. The SMILES string of the molecule is Cc1cccc(NC(=O)CSc2nc(COc3ccccc3)nc3ccccc23)c1. The molecule has 4 rings (SSSR count). The minimum Gasteiger partial charge on any atom is -0.486 e. The van der Waals surface area contributed by atoms with Crippen LogP contribution in [0.1, 0.15) is 11.4 Å². The van der Waals surface area contributed by atoms with E-state index in [2.05, 4.69) is 15.3 Å². The van der Waals surface area contributed by atoms with Gasteiger partial charge in [-0.2, -0.15) is 0 Å². The lowest BCUT2D eigenvalue weighted by atomic mass is 10.2. The molecule has 150 valence electrons. The molecule has 30 heavy (non-hydrogen) atoms. The maximum Gasteiger partial charge on any atom is 0.234 e. The van der Waals surface area contributed by atoms with Gasteiger partial charge in [-0.15, -0.1) is 0 Å². The van der Waals surface area contributed by atoms with Crippen LogP contribution in [0, 0.1) is 6.92 Å². The van der Waals surface area contributed by atoms with Crippen molar-refractivity contribution in [3.8, 4) is 5.75 Å². The summed E-state index contributed by atoms with van der Waals surface area (Å²) in [5.74, 6) is 1.53. The van der Waals surface area contributed by atoms with Crippen molar-refractivity contribution >= 4 is 34.3 Å². The fourth-order valence-corrected chi connectivity index (χ4v) is 3.82. The lowest BCUT2D eigenvalue weighted by Crippen LogP contribution is -2.14. The predicted molar refractivity (Wildman–Crippen MR) is 121 cm³/mol. The number of para-hydroxylation sites is 2. The summed E-state index contributed by atoms with van der Waals surface area (Å²) in [6, 6.07) is 25.1. The monoisotopic (exact) mass is 415 g/mol. The topological polar surface area (TPSA) is 64.1 Å². The molecule has 0 unspecified atom stereocenters. The third-order valence-corrected chi connectivity index (χ3v) is 5.36. The van der Waals surface area contributed by atoms with Gasteiger partial charge >= 0.3 is 0 Å². The summed E-state index contributed by atoms with van der Waals surface area (Å²) < 4.78 is 5.80. The molecule has 0 bridgehead atoms. The van der Waals surface area contributed by atoms with Gasteiger partial charge in [0.15, 0.2) is 5.82 Å². The number of rotatable bonds is 7. The summed E-state index contributed by atoms with van der Waals surface area (Å²) in [6.45, 7) is 2.26. The second kappa shape index (κ2) is 9.41. The normalized spacial score (nSPS) is 10.7. The number of nitrogens with one attached hydrogen (secondary N) is 1. The van der Waals surface area contributed by atoms with Gasteiger partial charge in [0.2, 0.25) is 5.91 Å². The van der Waals surface area contributed by atoms with Gasteiger partial charge in [-0.25, -0.2) is 9.97 Å². The van der Waals surface area contributed by atoms with Crippen molar-refractivity contribution in [1.29, 1.82) is 0 Å². The molecule has 1 heterocycles. The van der Waals surface area contributed by atoms with Gasteiger partial charge in [-0.1, -0.05) is 60.3 Å². The van der Waals surface area contributed by atoms with Gasteiger partial charge in [0.05, 0.1) is 11.3 Å². The first-order valence-electron chi connectivity index (χ1n) is 9.60. The Balaban J connectivity index is 1.48. The van der Waals surface area contributed by atoms with Crippen molar-refractivity contribution in [2.45, 2.75) is 18.6 Å². The maximum atomic E-state index is 12.4. The Morgan fingerprint density at radius 1 is 0.967 bits per heavy atom. The summed E-state index contributed by atoms with van der Waals surface area (Å²) in [6.07, 6.45) is 0. The first-order chi connectivity index (χ1) is 14.7. The van der Waals surface area contributed by atoms with Crippen LogP contribution in [-0.4, -0.2) is 21.6 Å². The molecular weight excluding hydrogens is 394 g/mol. The number of anilines is 1. The number of carbonyl (C=O) groups excluding carboxylic acids is 1. The number of fused-ring (bicyclic) bond motifs is 1. The average molecular weight is 416 g/mol. The van der Waals surface area contributed by atoms with Crippen molar-refractivity contribution in [2.24, 2.45) is 0 Å². The van der Waals surface area contributed by atoms with Gasteiger partial charge < -0.3 is 10.1 Å². The zero-order chi connectivity index (χ0) is 20.8. The van der Waals surface area contributed by atoms with E-state index in [1.54, 1.807) is 0 Å². The Morgan fingerprint density at radius 3 is 2.60 bits per heavy atom. The number of ether oxygens (including phenoxy) is 1. The molecule has 5 nitrogen and oxygen atoms in total. The number of hydrogen-bond acceptors (Lipinski definition) is 5. The molecule has 0 saturated heterocycles. The fourth-order valence-electron chi connectivity index (χ4n) is 2.99. The molecule has 1 aromatic heterocycles. The molecule has 3 aromatic carbocycles. The van der Waals surface area contributed by atoms with E-state index in [1.165, 1.54) is 11.8 Å². The number of aromatic nitrogens is 2. The van der Waals surface area contributed by atoms with E-state index in [0.29, 0.717) is 5.82 Å². The molecule has 6 heteroatoms. The lowest BCUT2D eigenvalue weighted by Gasteiger charge is -2.10. The highest BCUT2D eigenvalue weighted by Gasteiger charge is 2.11. The summed E-state index contributed by atoms with van der Waals surface area (Å²) in [4.78, 5) is 21.7. The molecule has 0 aliphatic carbocycles. The van der Waals surface area contributed by atoms with Crippen molar-refractivity contribution in [2.75, 3.05) is 11.1 Å². The third-order valence-electron chi connectivity index (χ3n) is 4.37. The van der Waals surface area contributed by atoms with Crippen LogP contribution in [0.3, 0.4) is 0 Å². The minimum atomic E-state index is -0.0737. The Morgan fingerprint density at radius 2 is 1.77 bits per heavy atom. The summed E-state index contributed by atoms with van der Waals surface area (Å²) in [5, 5.41) is 4.63. The Labute approximate surface area is 179 Å². The molecule has 0 radical (unpaired) electrons. The quantitative estimate of drug-likeness (QED) is 0.330. The molecule has 0 aliphatic rings. The molecule has 1 N–H and O–H groups in total. The first-order valence-corrected chi connectivity index (χ1v) is 10.6. The number of nitrogens with zero attached hydrogens (tertiary/aromatic N) is 2. The van der Waals surface area contributed by atoms with Crippen LogP contribution in [0.2, 0.25) is 0 Å². The number of carbonyl (C=O) groups is 1. The second-order valence-corrected chi connectivity index (χ2v) is 7.73. The van der Waals surface area contributed by atoms with E-state index in [0.717, 1.165) is 32.9 Å². The number of amides is 1. The molecule has 1 amide bonds. The van der Waals surface area contributed by atoms with Gasteiger partial charge in [0.1, 0.15) is 17.4 Å². The van der Waals surface area contributed by atoms with Crippen molar-refractivity contribution < 1.29 is 9.53 Å². The van der Waals surface area contributed by atoms with Crippen LogP contribution in [0.15, 0.2) is 83.9 Å². The van der Waals surface area contributed by atoms with Gasteiger partial charge in [0, 0.05) is 11.1 Å².